The van der Waals surface area contributed by atoms with Crippen LogP contribution in [0.2, 0.25) is 5.02 Å². The van der Waals surface area contributed by atoms with E-state index in [4.69, 9.17) is 38.0 Å². The Hall–Kier alpha value is -2.22. The van der Waals surface area contributed by atoms with Crippen molar-refractivity contribution in [1.82, 2.24) is 4.90 Å². The number of thioether (sulfide) groups is 1. The van der Waals surface area contributed by atoms with E-state index >= 15 is 0 Å². The molecule has 0 unspecified atom stereocenters. The van der Waals surface area contributed by atoms with E-state index in [1.807, 2.05) is 32.0 Å². The first-order valence-corrected chi connectivity index (χ1v) is 13.5. The Morgan fingerprint density at radius 2 is 1.80 bits per heavy atom. The molecule has 0 aliphatic carbocycles. The van der Waals surface area contributed by atoms with Crippen LogP contribution in [0.25, 0.3) is 6.08 Å². The summed E-state index contributed by atoms with van der Waals surface area (Å²) in [6, 6.07) is 11.9. The molecule has 8 heteroatoms. The first kappa shape index (κ1) is 27.4. The highest BCUT2D eigenvalue weighted by Crippen LogP contribution is 2.39. The quantitative estimate of drug-likeness (QED) is 0.162. The van der Waals surface area contributed by atoms with Crippen molar-refractivity contribution in [3.8, 4) is 17.2 Å². The van der Waals surface area contributed by atoms with Crippen LogP contribution in [0.3, 0.4) is 0 Å². The summed E-state index contributed by atoms with van der Waals surface area (Å²) in [6.07, 6.45) is 3.59. The Morgan fingerprint density at radius 1 is 1.09 bits per heavy atom. The van der Waals surface area contributed by atoms with E-state index in [1.165, 1.54) is 17.3 Å². The van der Waals surface area contributed by atoms with Crippen molar-refractivity contribution in [3.05, 3.63) is 57.5 Å². The zero-order chi connectivity index (χ0) is 25.4. The number of carbonyl (C=O) groups is 1. The molecule has 1 saturated heterocycles. The van der Waals surface area contributed by atoms with Gasteiger partial charge in [0.25, 0.3) is 5.91 Å². The second-order valence-corrected chi connectivity index (χ2v) is 10.2. The number of halogens is 1. The summed E-state index contributed by atoms with van der Waals surface area (Å²) in [4.78, 5) is 14.7. The third-order valence-corrected chi connectivity index (χ3v) is 7.34. The van der Waals surface area contributed by atoms with Gasteiger partial charge in [-0.05, 0) is 67.7 Å². The van der Waals surface area contributed by atoms with Gasteiger partial charge in [0.2, 0.25) is 0 Å². The van der Waals surface area contributed by atoms with Crippen molar-refractivity contribution in [2.24, 2.45) is 0 Å². The molecular weight excluding hydrogens is 502 g/mol. The van der Waals surface area contributed by atoms with Gasteiger partial charge < -0.3 is 14.2 Å². The topological polar surface area (TPSA) is 48.0 Å². The number of amides is 1. The third kappa shape index (κ3) is 7.15. The molecule has 2 aromatic carbocycles. The maximum absolute atomic E-state index is 12.5. The van der Waals surface area contributed by atoms with Crippen molar-refractivity contribution in [2.45, 2.75) is 46.5 Å². The Bertz CT molecular complexity index is 1070. The minimum atomic E-state index is -0.0913. The van der Waals surface area contributed by atoms with Gasteiger partial charge in [0.1, 0.15) is 10.1 Å². The summed E-state index contributed by atoms with van der Waals surface area (Å²) in [5.74, 6) is 2.34. The van der Waals surface area contributed by atoms with E-state index in [0.29, 0.717) is 64.5 Å². The molecule has 0 bridgehead atoms. The highest BCUT2D eigenvalue weighted by atomic mass is 35.5. The van der Waals surface area contributed by atoms with Crippen molar-refractivity contribution >= 4 is 51.9 Å². The fraction of sp³-hybridized carbons (Fsp3) is 0.407. The van der Waals surface area contributed by atoms with Gasteiger partial charge in [-0.15, -0.1) is 0 Å². The van der Waals surface area contributed by atoms with Crippen molar-refractivity contribution < 1.29 is 19.0 Å². The zero-order valence-corrected chi connectivity index (χ0v) is 23.0. The first-order chi connectivity index (χ1) is 16.9. The van der Waals surface area contributed by atoms with Crippen LogP contribution in [-0.4, -0.2) is 41.5 Å². The number of benzene rings is 2. The Balaban J connectivity index is 1.60. The molecule has 1 fully saturated rings. The predicted molar refractivity (Wildman–Crippen MR) is 149 cm³/mol. The number of thiocarbonyl (C=S) groups is 1. The fourth-order valence-electron chi connectivity index (χ4n) is 3.55. The van der Waals surface area contributed by atoms with E-state index in [0.717, 1.165) is 17.7 Å². The lowest BCUT2D eigenvalue weighted by Crippen LogP contribution is -2.27. The van der Waals surface area contributed by atoms with Crippen LogP contribution in [-0.2, 0) is 4.79 Å². The lowest BCUT2D eigenvalue weighted by molar-refractivity contribution is -0.121. The molecule has 1 amide bonds. The number of nitrogens with zero attached hydrogens (tertiary/aromatic N) is 1. The number of rotatable bonds is 12. The third-order valence-electron chi connectivity index (χ3n) is 5.68. The molecule has 0 saturated carbocycles. The zero-order valence-electron chi connectivity index (χ0n) is 20.6. The van der Waals surface area contributed by atoms with Crippen molar-refractivity contribution in [2.75, 3.05) is 26.4 Å². The minimum Gasteiger partial charge on any atom is -0.493 e. The molecule has 1 atom stereocenters. The molecular formula is C27H32ClNO4S2. The lowest BCUT2D eigenvalue weighted by Gasteiger charge is -2.15. The van der Waals surface area contributed by atoms with Crippen LogP contribution in [0.1, 0.15) is 57.6 Å². The largest absolute Gasteiger partial charge is 0.493 e. The van der Waals surface area contributed by atoms with E-state index in [1.54, 1.807) is 17.0 Å². The van der Waals surface area contributed by atoms with Crippen molar-refractivity contribution in [1.29, 1.82) is 0 Å². The van der Waals surface area contributed by atoms with Crippen molar-refractivity contribution in [3.63, 3.8) is 0 Å². The van der Waals surface area contributed by atoms with E-state index < -0.39 is 0 Å². The van der Waals surface area contributed by atoms with Crippen LogP contribution in [0.5, 0.6) is 17.2 Å². The normalized spacial score (nSPS) is 15.6. The van der Waals surface area contributed by atoms with Crippen LogP contribution in [0, 0.1) is 0 Å². The van der Waals surface area contributed by atoms with Gasteiger partial charge in [0.15, 0.2) is 11.5 Å². The SMILES string of the molecule is CCOc1cc(/C=C2/SC(=S)N(CC)C2=O)cc(Cl)c1OCCCOc1ccc([C@H](C)CC)cc1. The van der Waals surface area contributed by atoms with E-state index in [9.17, 15) is 4.79 Å². The molecule has 188 valence electrons. The molecule has 1 heterocycles. The smallest absolute Gasteiger partial charge is 0.266 e. The molecule has 0 N–H and O–H groups in total. The second kappa shape index (κ2) is 13.2. The molecule has 1 aliphatic rings. The molecule has 2 aromatic rings. The molecule has 35 heavy (non-hydrogen) atoms. The summed E-state index contributed by atoms with van der Waals surface area (Å²) in [5, 5.41) is 0.426. The second-order valence-electron chi connectivity index (χ2n) is 8.12. The van der Waals surface area contributed by atoms with Crippen LogP contribution < -0.4 is 14.2 Å². The molecule has 0 spiro atoms. The molecule has 3 rings (SSSR count). The van der Waals surface area contributed by atoms with Gasteiger partial charge in [-0.1, -0.05) is 61.6 Å². The summed E-state index contributed by atoms with van der Waals surface area (Å²) in [6.45, 7) is 10.2. The highest BCUT2D eigenvalue weighted by molar-refractivity contribution is 8.26. The van der Waals surface area contributed by atoms with Gasteiger partial charge in [-0.25, -0.2) is 0 Å². The van der Waals surface area contributed by atoms with E-state index in [-0.39, 0.29) is 5.91 Å². The summed E-state index contributed by atoms with van der Waals surface area (Å²) >= 11 is 13.1. The Kier molecular flexibility index (Phi) is 10.3. The lowest BCUT2D eigenvalue weighted by atomic mass is 9.99. The monoisotopic (exact) mass is 533 g/mol. The Morgan fingerprint density at radius 3 is 2.43 bits per heavy atom. The standard InChI is InChI=1S/C27H32ClNO4S2/c1-5-18(4)20-9-11-21(12-10-20)32-13-8-14-33-25-22(28)15-19(16-23(25)31-7-3)17-24-26(30)29(6-2)27(34)35-24/h9-12,15-18H,5-8,13-14H2,1-4H3/b24-17+/t18-/m1/s1. The summed E-state index contributed by atoms with van der Waals surface area (Å²) < 4.78 is 18.2. The first-order valence-electron chi connectivity index (χ1n) is 11.9. The summed E-state index contributed by atoms with van der Waals surface area (Å²) in [5.41, 5.74) is 2.08. The average molecular weight is 534 g/mol. The van der Waals surface area contributed by atoms with E-state index in [2.05, 4.69) is 26.0 Å². The molecule has 0 aromatic heterocycles. The van der Waals surface area contributed by atoms with Crippen LogP contribution >= 0.6 is 35.6 Å². The maximum atomic E-state index is 12.5. The molecule has 5 nitrogen and oxygen atoms in total. The molecule has 1 aliphatic heterocycles. The van der Waals surface area contributed by atoms with Gasteiger partial charge in [0, 0.05) is 13.0 Å². The number of ether oxygens (including phenoxy) is 3. The van der Waals surface area contributed by atoms with Crippen LogP contribution in [0.15, 0.2) is 41.3 Å². The molecule has 0 radical (unpaired) electrons. The minimum absolute atomic E-state index is 0.0913. The van der Waals surface area contributed by atoms with Crippen LogP contribution in [0.4, 0.5) is 0 Å². The van der Waals surface area contributed by atoms with Gasteiger partial charge in [-0.3, -0.25) is 9.69 Å². The van der Waals surface area contributed by atoms with Gasteiger partial charge >= 0.3 is 0 Å². The predicted octanol–water partition coefficient (Wildman–Crippen LogP) is 7.32. The number of carbonyl (C=O) groups excluding carboxylic acids is 1. The maximum Gasteiger partial charge on any atom is 0.266 e. The summed E-state index contributed by atoms with van der Waals surface area (Å²) in [7, 11) is 0. The Labute approximate surface area is 222 Å². The average Bonchev–Trinajstić information content (AvgIpc) is 3.12. The van der Waals surface area contributed by atoms with Gasteiger partial charge in [-0.2, -0.15) is 0 Å². The number of hydrogen-bond donors (Lipinski definition) is 0. The fourth-order valence-corrected chi connectivity index (χ4v) is 5.21. The number of likely N-dealkylation sites (N-methyl/N-ethyl adjacent to an activating group) is 1. The highest BCUT2D eigenvalue weighted by Gasteiger charge is 2.30. The number of hydrogen-bond acceptors (Lipinski definition) is 6. The van der Waals surface area contributed by atoms with Gasteiger partial charge in [0.05, 0.1) is 29.7 Å².